The molecule has 0 saturated carbocycles. The third-order valence-corrected chi connectivity index (χ3v) is 14.4. The van der Waals surface area contributed by atoms with Crippen molar-refractivity contribution in [3.05, 3.63) is 246 Å². The number of fused-ring (bicyclic) bond motifs is 6. The van der Waals surface area contributed by atoms with Crippen molar-refractivity contribution < 1.29 is 4.42 Å². The van der Waals surface area contributed by atoms with Gasteiger partial charge >= 0.3 is 0 Å². The number of para-hydroxylation sites is 3. The zero-order chi connectivity index (χ0) is 42.0. The van der Waals surface area contributed by atoms with Crippen LogP contribution in [0.5, 0.6) is 0 Å². The Bertz CT molecular complexity index is 3070. The molecule has 0 saturated heterocycles. The van der Waals surface area contributed by atoms with Gasteiger partial charge in [0.25, 0.3) is 0 Å². The van der Waals surface area contributed by atoms with Crippen molar-refractivity contribution in [3.63, 3.8) is 0 Å². The number of allylic oxidation sites excluding steroid dienone is 8. The van der Waals surface area contributed by atoms with E-state index >= 15 is 0 Å². The van der Waals surface area contributed by atoms with Gasteiger partial charge in [0.1, 0.15) is 11.2 Å². The summed E-state index contributed by atoms with van der Waals surface area (Å²) in [6.07, 6.45) is 16.1. The molecular weight excluding hydrogens is 751 g/mol. The van der Waals surface area contributed by atoms with E-state index in [1.165, 1.54) is 44.5 Å². The zero-order valence-corrected chi connectivity index (χ0v) is 35.9. The first-order chi connectivity index (χ1) is 30.3. The normalized spacial score (nSPS) is 20.7. The molecule has 0 fully saturated rings. The molecule has 11 rings (SSSR count). The number of anilines is 3. The van der Waals surface area contributed by atoms with Crippen molar-refractivity contribution in [1.29, 1.82) is 0 Å². The predicted octanol–water partition coefficient (Wildman–Crippen LogP) is 15.9. The summed E-state index contributed by atoms with van der Waals surface area (Å²) in [6, 6.07) is 62.6. The minimum atomic E-state index is -0.569. The number of hydrogen-bond acceptors (Lipinski definition) is 2. The summed E-state index contributed by atoms with van der Waals surface area (Å²) in [5, 5.41) is 2.28. The molecule has 302 valence electrons. The summed E-state index contributed by atoms with van der Waals surface area (Å²) < 4.78 is 6.88. The van der Waals surface area contributed by atoms with Gasteiger partial charge in [0.05, 0.1) is 5.41 Å². The fourth-order valence-electron chi connectivity index (χ4n) is 11.3. The summed E-state index contributed by atoms with van der Waals surface area (Å²) in [4.78, 5) is 2.38. The Kier molecular flexibility index (Phi) is 9.16. The standard InChI is InChI=1S/C60H51NO/c1-40-17-11-13-25-52(40)60(44-19-7-5-8-20-44,54-27-16-24-50-49-23-12-14-28-56(49)62-58(50)54)45-32-36-48(37-33-45)61(46-21-9-6-10-22-46)47-34-29-42(30-35-47)43-31-38-51-55(39-43)59(3,4)53-26-15-18-41(2)57(51)53/h5-41,52,57H,1-4H3. The number of rotatable bonds is 8. The predicted molar refractivity (Wildman–Crippen MR) is 260 cm³/mol. The van der Waals surface area contributed by atoms with E-state index in [2.05, 4.69) is 245 Å². The maximum atomic E-state index is 6.88. The van der Waals surface area contributed by atoms with Gasteiger partial charge in [-0.2, -0.15) is 0 Å². The summed E-state index contributed by atoms with van der Waals surface area (Å²) >= 11 is 0. The fourth-order valence-corrected chi connectivity index (χ4v) is 11.3. The molecule has 2 nitrogen and oxygen atoms in total. The van der Waals surface area contributed by atoms with Crippen LogP contribution in [0.2, 0.25) is 0 Å². The summed E-state index contributed by atoms with van der Waals surface area (Å²) in [6.45, 7) is 9.49. The van der Waals surface area contributed by atoms with Crippen LogP contribution in [-0.4, -0.2) is 0 Å². The number of furan rings is 1. The first-order valence-electron chi connectivity index (χ1n) is 22.2. The van der Waals surface area contributed by atoms with Crippen molar-refractivity contribution in [2.24, 2.45) is 17.8 Å². The molecule has 3 aliphatic carbocycles. The van der Waals surface area contributed by atoms with Crippen LogP contribution < -0.4 is 4.90 Å². The second-order valence-corrected chi connectivity index (χ2v) is 18.1. The third kappa shape index (κ3) is 5.92. The Hall–Kier alpha value is -6.90. The highest BCUT2D eigenvalue weighted by Crippen LogP contribution is 2.56. The highest BCUT2D eigenvalue weighted by atomic mass is 16.3. The fraction of sp³-hybridized carbons (Fsp3) is 0.167. The first kappa shape index (κ1) is 38.1. The van der Waals surface area contributed by atoms with Gasteiger partial charge in [0, 0.05) is 50.6 Å². The monoisotopic (exact) mass is 801 g/mol. The molecule has 5 atom stereocenters. The molecule has 62 heavy (non-hydrogen) atoms. The van der Waals surface area contributed by atoms with Crippen molar-refractivity contribution in [3.8, 4) is 11.1 Å². The molecule has 5 unspecified atom stereocenters. The molecule has 8 aromatic rings. The van der Waals surface area contributed by atoms with Crippen molar-refractivity contribution in [2.75, 3.05) is 4.90 Å². The molecule has 0 radical (unpaired) electrons. The van der Waals surface area contributed by atoms with E-state index in [4.69, 9.17) is 4.42 Å². The molecule has 7 aromatic carbocycles. The van der Waals surface area contributed by atoms with Gasteiger partial charge in [-0.3, -0.25) is 0 Å². The second-order valence-electron chi connectivity index (χ2n) is 18.1. The average Bonchev–Trinajstić information content (AvgIpc) is 3.81. The van der Waals surface area contributed by atoms with E-state index in [1.807, 2.05) is 0 Å². The number of nitrogens with zero attached hydrogens (tertiary/aromatic N) is 1. The van der Waals surface area contributed by atoms with E-state index in [0.29, 0.717) is 11.8 Å². The topological polar surface area (TPSA) is 16.4 Å². The van der Waals surface area contributed by atoms with E-state index in [-0.39, 0.29) is 17.3 Å². The minimum Gasteiger partial charge on any atom is -0.456 e. The van der Waals surface area contributed by atoms with E-state index in [1.54, 1.807) is 0 Å². The molecule has 0 amide bonds. The lowest BCUT2D eigenvalue weighted by Gasteiger charge is -2.44. The van der Waals surface area contributed by atoms with Crippen LogP contribution in [0.15, 0.2) is 222 Å². The summed E-state index contributed by atoms with van der Waals surface area (Å²) in [5.41, 5.74) is 15.2. The molecule has 2 heteroatoms. The van der Waals surface area contributed by atoms with E-state index in [9.17, 15) is 0 Å². The maximum absolute atomic E-state index is 6.88. The molecule has 0 aliphatic heterocycles. The Labute approximate surface area is 365 Å². The SMILES string of the molecule is CC1C=CC=C2C1c1ccc(-c3ccc(N(c4ccccc4)c4ccc(C(c5ccccc5)(c5cccc6c5oc5ccccc56)C5C=CC=CC5C)cc4)cc3)cc1C2(C)C. The van der Waals surface area contributed by atoms with Gasteiger partial charge < -0.3 is 9.32 Å². The second kappa shape index (κ2) is 14.9. The molecule has 0 N–H and O–H groups in total. The van der Waals surface area contributed by atoms with Crippen LogP contribution in [0, 0.1) is 17.8 Å². The van der Waals surface area contributed by atoms with E-state index < -0.39 is 5.41 Å². The van der Waals surface area contributed by atoms with Gasteiger partial charge in [0.2, 0.25) is 0 Å². The largest absolute Gasteiger partial charge is 0.456 e. The lowest BCUT2D eigenvalue weighted by atomic mass is 9.57. The molecule has 0 spiro atoms. The molecular formula is C60H51NO. The smallest absolute Gasteiger partial charge is 0.139 e. The highest BCUT2D eigenvalue weighted by Gasteiger charge is 2.47. The zero-order valence-electron chi connectivity index (χ0n) is 35.9. The van der Waals surface area contributed by atoms with Crippen LogP contribution in [0.1, 0.15) is 61.4 Å². The Morgan fingerprint density at radius 2 is 1.15 bits per heavy atom. The first-order valence-corrected chi connectivity index (χ1v) is 22.2. The van der Waals surface area contributed by atoms with Gasteiger partial charge in [-0.1, -0.05) is 197 Å². The van der Waals surface area contributed by atoms with Crippen LogP contribution >= 0.6 is 0 Å². The molecule has 1 heterocycles. The molecule has 3 aliphatic rings. The summed E-state index contributed by atoms with van der Waals surface area (Å²) in [7, 11) is 0. The summed E-state index contributed by atoms with van der Waals surface area (Å²) in [5.74, 6) is 1.34. The molecule has 0 bridgehead atoms. The van der Waals surface area contributed by atoms with Crippen molar-refractivity contribution in [2.45, 2.75) is 44.4 Å². The lowest BCUT2D eigenvalue weighted by molar-refractivity contribution is 0.367. The van der Waals surface area contributed by atoms with Gasteiger partial charge in [-0.15, -0.1) is 0 Å². The van der Waals surface area contributed by atoms with E-state index in [0.717, 1.165) is 39.0 Å². The average molecular weight is 802 g/mol. The molecule has 1 aromatic heterocycles. The van der Waals surface area contributed by atoms with Crippen molar-refractivity contribution in [1.82, 2.24) is 0 Å². The van der Waals surface area contributed by atoms with Crippen LogP contribution in [-0.2, 0) is 10.8 Å². The Morgan fingerprint density at radius 1 is 0.532 bits per heavy atom. The van der Waals surface area contributed by atoms with Gasteiger partial charge in [-0.05, 0) is 93.7 Å². The quantitative estimate of drug-likeness (QED) is 0.142. The van der Waals surface area contributed by atoms with Crippen LogP contribution in [0.3, 0.4) is 0 Å². The van der Waals surface area contributed by atoms with Gasteiger partial charge in [0.15, 0.2) is 0 Å². The Morgan fingerprint density at radius 3 is 1.90 bits per heavy atom. The van der Waals surface area contributed by atoms with Gasteiger partial charge in [-0.25, -0.2) is 0 Å². The third-order valence-electron chi connectivity index (χ3n) is 14.4. The minimum absolute atomic E-state index is 0.00390. The van der Waals surface area contributed by atoms with Crippen LogP contribution in [0.25, 0.3) is 33.1 Å². The number of hydrogen-bond donors (Lipinski definition) is 0. The number of benzene rings is 7. The highest BCUT2D eigenvalue weighted by molar-refractivity contribution is 6.06. The lowest BCUT2D eigenvalue weighted by Crippen LogP contribution is -2.40. The maximum Gasteiger partial charge on any atom is 0.139 e. The van der Waals surface area contributed by atoms with Crippen LogP contribution in [0.4, 0.5) is 17.1 Å². The van der Waals surface area contributed by atoms with Crippen molar-refractivity contribution >= 4 is 39.0 Å². The Balaban J connectivity index is 1.03.